The van der Waals surface area contributed by atoms with Gasteiger partial charge in [-0.15, -0.1) is 0 Å². The lowest BCUT2D eigenvalue weighted by molar-refractivity contribution is -0.148. The van der Waals surface area contributed by atoms with Gasteiger partial charge in [-0.2, -0.15) is 0 Å². The molecule has 0 saturated heterocycles. The van der Waals surface area contributed by atoms with E-state index in [4.69, 9.17) is 15.2 Å². The molecular formula is C25H39NO5. The summed E-state index contributed by atoms with van der Waals surface area (Å²) in [5.41, 5.74) is 6.37. The molecule has 1 rings (SSSR count). The molecule has 3 N–H and O–H groups in total. The van der Waals surface area contributed by atoms with E-state index >= 15 is 0 Å². The highest BCUT2D eigenvalue weighted by atomic mass is 16.6. The second kappa shape index (κ2) is 12.5. The number of rotatable bonds is 11. The largest absolute Gasteiger partial charge is 0.458 e. The Morgan fingerprint density at radius 3 is 2.58 bits per heavy atom. The van der Waals surface area contributed by atoms with E-state index in [1.807, 2.05) is 53.7 Å². The number of carbonyl (C=O) groups excluding carboxylic acids is 2. The van der Waals surface area contributed by atoms with Gasteiger partial charge in [-0.1, -0.05) is 77.2 Å². The van der Waals surface area contributed by atoms with E-state index in [-0.39, 0.29) is 41.7 Å². The topological polar surface area (TPSA) is 98.8 Å². The number of hydrogen-bond acceptors (Lipinski definition) is 5. The zero-order valence-electron chi connectivity index (χ0n) is 19.7. The van der Waals surface area contributed by atoms with Gasteiger partial charge in [-0.25, -0.2) is 9.59 Å². The molecule has 1 heterocycles. The summed E-state index contributed by atoms with van der Waals surface area (Å²) in [6, 6.07) is 0. The average molecular weight is 434 g/mol. The van der Waals surface area contributed by atoms with Crippen molar-refractivity contribution in [2.24, 2.45) is 35.3 Å². The Labute approximate surface area is 186 Å². The first-order valence-corrected chi connectivity index (χ1v) is 11.0. The minimum atomic E-state index is -0.856. The van der Waals surface area contributed by atoms with Gasteiger partial charge in [0.05, 0.1) is 6.10 Å². The Morgan fingerprint density at radius 2 is 2.00 bits per heavy atom. The highest BCUT2D eigenvalue weighted by molar-refractivity contribution is 5.83. The second-order valence-corrected chi connectivity index (χ2v) is 8.90. The van der Waals surface area contributed by atoms with Gasteiger partial charge in [0.2, 0.25) is 0 Å². The standard InChI is InChI=1S/C25H39NO5/c1-8-9-10-16(3)24(31-25(26)29)20(7)22(28)18(5)13-15(2)14-19(6)23-17(4)11-12-21(27)30-23/h8-12,14,16-20,22-24,28H,1,13H2,2-7H3,(H2,26,29)/b10-9-,15-14-/t16-,17-,18-,19-,20-,22+,23-,24-/m1/s1. The maximum atomic E-state index is 11.6. The van der Waals surface area contributed by atoms with Crippen LogP contribution >= 0.6 is 0 Å². The van der Waals surface area contributed by atoms with Gasteiger partial charge in [0.1, 0.15) is 12.2 Å². The van der Waals surface area contributed by atoms with Crippen LogP contribution in [0.1, 0.15) is 48.0 Å². The molecule has 0 spiro atoms. The van der Waals surface area contributed by atoms with Crippen LogP contribution in [0.25, 0.3) is 0 Å². The summed E-state index contributed by atoms with van der Waals surface area (Å²) >= 11 is 0. The third-order valence-corrected chi connectivity index (χ3v) is 5.98. The van der Waals surface area contributed by atoms with Crippen LogP contribution in [-0.4, -0.2) is 35.5 Å². The number of allylic oxidation sites excluding steroid dienone is 3. The van der Waals surface area contributed by atoms with Crippen molar-refractivity contribution in [1.29, 1.82) is 0 Å². The van der Waals surface area contributed by atoms with Crippen molar-refractivity contribution in [2.75, 3.05) is 0 Å². The molecule has 0 aliphatic carbocycles. The Balaban J connectivity index is 2.83. The number of carbonyl (C=O) groups is 2. The van der Waals surface area contributed by atoms with Crippen LogP contribution in [0, 0.1) is 29.6 Å². The van der Waals surface area contributed by atoms with Crippen LogP contribution in [0.2, 0.25) is 0 Å². The van der Waals surface area contributed by atoms with E-state index in [0.29, 0.717) is 6.42 Å². The lowest BCUT2D eigenvalue weighted by Crippen LogP contribution is -2.41. The lowest BCUT2D eigenvalue weighted by atomic mass is 9.81. The maximum Gasteiger partial charge on any atom is 0.404 e. The summed E-state index contributed by atoms with van der Waals surface area (Å²) in [6.45, 7) is 15.5. The van der Waals surface area contributed by atoms with Crippen LogP contribution in [0.5, 0.6) is 0 Å². The molecule has 174 valence electrons. The molecule has 1 amide bonds. The van der Waals surface area contributed by atoms with Crippen LogP contribution in [0.4, 0.5) is 4.79 Å². The number of hydrogen-bond donors (Lipinski definition) is 2. The third kappa shape index (κ3) is 8.37. The number of ether oxygens (including phenoxy) is 2. The van der Waals surface area contributed by atoms with E-state index in [2.05, 4.69) is 12.7 Å². The molecule has 0 saturated carbocycles. The summed E-state index contributed by atoms with van der Waals surface area (Å²) in [5.74, 6) is -0.619. The van der Waals surface area contributed by atoms with Crippen molar-refractivity contribution in [1.82, 2.24) is 0 Å². The molecule has 0 bridgehead atoms. The first-order valence-electron chi connectivity index (χ1n) is 11.0. The van der Waals surface area contributed by atoms with Crippen molar-refractivity contribution in [3.05, 3.63) is 48.6 Å². The van der Waals surface area contributed by atoms with E-state index in [9.17, 15) is 14.7 Å². The van der Waals surface area contributed by atoms with Gasteiger partial charge in [0.15, 0.2) is 0 Å². The molecular weight excluding hydrogens is 394 g/mol. The molecule has 0 aromatic heterocycles. The van der Waals surface area contributed by atoms with Gasteiger partial charge in [-0.05, 0) is 19.3 Å². The third-order valence-electron chi connectivity index (χ3n) is 5.98. The predicted octanol–water partition coefficient (Wildman–Crippen LogP) is 4.55. The summed E-state index contributed by atoms with van der Waals surface area (Å²) in [5, 5.41) is 11.0. The Morgan fingerprint density at radius 1 is 1.35 bits per heavy atom. The highest BCUT2D eigenvalue weighted by Crippen LogP contribution is 2.29. The van der Waals surface area contributed by atoms with Crippen LogP contribution < -0.4 is 5.73 Å². The molecule has 8 atom stereocenters. The van der Waals surface area contributed by atoms with E-state index in [0.717, 1.165) is 5.57 Å². The van der Waals surface area contributed by atoms with E-state index < -0.39 is 18.3 Å². The quantitative estimate of drug-likeness (QED) is 0.283. The summed E-state index contributed by atoms with van der Waals surface area (Å²) < 4.78 is 10.8. The fraction of sp³-hybridized carbons (Fsp3) is 0.600. The monoisotopic (exact) mass is 433 g/mol. The second-order valence-electron chi connectivity index (χ2n) is 8.90. The predicted molar refractivity (Wildman–Crippen MR) is 123 cm³/mol. The molecule has 6 heteroatoms. The number of cyclic esters (lactones) is 1. The van der Waals surface area contributed by atoms with Gasteiger partial charge < -0.3 is 20.3 Å². The zero-order valence-corrected chi connectivity index (χ0v) is 19.7. The zero-order chi connectivity index (χ0) is 23.7. The van der Waals surface area contributed by atoms with Gasteiger partial charge >= 0.3 is 12.1 Å². The molecule has 6 nitrogen and oxygen atoms in total. The summed E-state index contributed by atoms with van der Waals surface area (Å²) in [7, 11) is 0. The SMILES string of the molecule is C=C/C=C\[C@@H](C)[C@@H](OC(N)=O)[C@H](C)[C@@H](O)[C@H](C)C/C(C)=C\[C@@H](C)[C@@H]1OC(=O)C=C[C@H]1C. The van der Waals surface area contributed by atoms with Crippen LogP contribution in [0.3, 0.4) is 0 Å². The minimum Gasteiger partial charge on any atom is -0.458 e. The average Bonchev–Trinajstić information content (AvgIpc) is 2.70. The molecule has 1 aliphatic heterocycles. The number of esters is 1. The number of amides is 1. The Hall–Kier alpha value is -2.34. The lowest BCUT2D eigenvalue weighted by Gasteiger charge is -2.33. The maximum absolute atomic E-state index is 11.6. The van der Waals surface area contributed by atoms with Gasteiger partial charge in [0.25, 0.3) is 0 Å². The first-order chi connectivity index (χ1) is 14.5. The normalized spacial score (nSPS) is 25.3. The fourth-order valence-electron chi connectivity index (χ4n) is 4.35. The molecule has 0 aromatic carbocycles. The molecule has 0 unspecified atom stereocenters. The molecule has 0 radical (unpaired) electrons. The number of aliphatic hydroxyl groups excluding tert-OH is 1. The Bertz CT molecular complexity index is 711. The molecule has 31 heavy (non-hydrogen) atoms. The summed E-state index contributed by atoms with van der Waals surface area (Å²) in [6.07, 6.45) is 9.14. The highest BCUT2D eigenvalue weighted by Gasteiger charge is 2.33. The number of primary amides is 1. The minimum absolute atomic E-state index is 0.0562. The van der Waals surface area contributed by atoms with Crippen molar-refractivity contribution >= 4 is 12.1 Å². The van der Waals surface area contributed by atoms with Crippen molar-refractivity contribution in [2.45, 2.75) is 66.3 Å². The first kappa shape index (κ1) is 26.7. The smallest absolute Gasteiger partial charge is 0.404 e. The van der Waals surface area contributed by atoms with Gasteiger partial charge in [-0.3, -0.25) is 0 Å². The van der Waals surface area contributed by atoms with Crippen LogP contribution in [0.15, 0.2) is 48.6 Å². The van der Waals surface area contributed by atoms with E-state index in [1.165, 1.54) is 6.08 Å². The molecule has 1 aliphatic rings. The summed E-state index contributed by atoms with van der Waals surface area (Å²) in [4.78, 5) is 23.0. The van der Waals surface area contributed by atoms with Crippen LogP contribution in [-0.2, 0) is 14.3 Å². The van der Waals surface area contributed by atoms with Gasteiger partial charge in [0, 0.05) is 29.7 Å². The Kier molecular flexibility index (Phi) is 10.8. The van der Waals surface area contributed by atoms with Crippen molar-refractivity contribution in [3.63, 3.8) is 0 Å². The molecule has 0 fully saturated rings. The van der Waals surface area contributed by atoms with Crippen molar-refractivity contribution < 1.29 is 24.2 Å². The van der Waals surface area contributed by atoms with Crippen molar-refractivity contribution in [3.8, 4) is 0 Å². The number of aliphatic hydroxyl groups is 1. The number of nitrogens with two attached hydrogens (primary N) is 1. The molecule has 0 aromatic rings. The fourth-order valence-corrected chi connectivity index (χ4v) is 4.35. The van der Waals surface area contributed by atoms with E-state index in [1.54, 1.807) is 12.2 Å².